The number of carbonyl (C=O) groups excluding carboxylic acids is 4. The monoisotopic (exact) mass is 563 g/mol. The number of hydrogen-bond donors (Lipinski definition) is 3. The molecule has 0 spiro atoms. The molecule has 0 aromatic heterocycles. The van der Waals surface area contributed by atoms with Gasteiger partial charge in [0.1, 0.15) is 23.4 Å². The summed E-state index contributed by atoms with van der Waals surface area (Å²) in [5.41, 5.74) is -0.568. The number of amides is 3. The summed E-state index contributed by atoms with van der Waals surface area (Å²) in [5.74, 6) is -1.60. The van der Waals surface area contributed by atoms with Crippen LogP contribution in [-0.2, 0) is 23.9 Å². The molecule has 40 heavy (non-hydrogen) atoms. The van der Waals surface area contributed by atoms with Gasteiger partial charge in [-0.15, -0.1) is 0 Å². The Kier molecular flexibility index (Phi) is 12.9. The van der Waals surface area contributed by atoms with Crippen LogP contribution in [-0.4, -0.2) is 64.2 Å². The molecule has 0 heterocycles. The van der Waals surface area contributed by atoms with Crippen molar-refractivity contribution in [2.45, 2.75) is 112 Å². The number of aromatic hydroxyl groups is 1. The second kappa shape index (κ2) is 14.9. The second-order valence-electron chi connectivity index (χ2n) is 11.7. The predicted octanol–water partition coefficient (Wildman–Crippen LogP) is 4.77. The first-order chi connectivity index (χ1) is 18.5. The van der Waals surface area contributed by atoms with Crippen molar-refractivity contribution in [1.29, 1.82) is 0 Å². The molecule has 3 N–H and O–H groups in total. The van der Waals surface area contributed by atoms with Gasteiger partial charge in [0.25, 0.3) is 0 Å². The minimum absolute atomic E-state index is 0.0186. The van der Waals surface area contributed by atoms with Crippen molar-refractivity contribution in [2.75, 3.05) is 13.2 Å². The Morgan fingerprint density at radius 1 is 1.05 bits per heavy atom. The van der Waals surface area contributed by atoms with Crippen LogP contribution in [0.1, 0.15) is 98.7 Å². The third kappa shape index (κ3) is 10.0. The summed E-state index contributed by atoms with van der Waals surface area (Å²) in [4.78, 5) is 54.4. The molecule has 10 nitrogen and oxygen atoms in total. The van der Waals surface area contributed by atoms with Crippen molar-refractivity contribution in [2.24, 2.45) is 5.92 Å². The molecule has 1 aromatic rings. The van der Waals surface area contributed by atoms with Gasteiger partial charge in [-0.1, -0.05) is 33.3 Å². The maximum atomic E-state index is 14.4. The van der Waals surface area contributed by atoms with E-state index < -0.39 is 47.1 Å². The van der Waals surface area contributed by atoms with Gasteiger partial charge in [0, 0.05) is 12.1 Å². The Morgan fingerprint density at radius 2 is 1.68 bits per heavy atom. The lowest BCUT2D eigenvalue weighted by molar-refractivity contribution is -0.150. The maximum absolute atomic E-state index is 14.4. The first-order valence-corrected chi connectivity index (χ1v) is 14.0. The number of esters is 1. The Labute approximate surface area is 239 Å². The highest BCUT2D eigenvalue weighted by Gasteiger charge is 2.44. The fourth-order valence-electron chi connectivity index (χ4n) is 4.10. The lowest BCUT2D eigenvalue weighted by Gasteiger charge is -2.45. The largest absolute Gasteiger partial charge is 0.508 e. The zero-order valence-corrected chi connectivity index (χ0v) is 25.8. The lowest BCUT2D eigenvalue weighted by Crippen LogP contribution is -2.60. The average Bonchev–Trinajstić information content (AvgIpc) is 2.85. The van der Waals surface area contributed by atoms with Gasteiger partial charge in [-0.25, -0.2) is 4.79 Å². The third-order valence-electron chi connectivity index (χ3n) is 6.88. The molecule has 0 bridgehead atoms. The normalized spacial score (nSPS) is 13.9. The van der Waals surface area contributed by atoms with Crippen molar-refractivity contribution in [3.63, 3.8) is 0 Å². The summed E-state index contributed by atoms with van der Waals surface area (Å²) in [7, 11) is 0. The number of aryl methyl sites for hydroxylation is 1. The molecule has 0 saturated heterocycles. The van der Waals surface area contributed by atoms with Crippen LogP contribution in [0.3, 0.4) is 0 Å². The molecule has 3 atom stereocenters. The number of benzene rings is 1. The van der Waals surface area contributed by atoms with Crippen molar-refractivity contribution in [3.8, 4) is 5.75 Å². The topological polar surface area (TPSA) is 134 Å². The molecule has 0 radical (unpaired) electrons. The number of rotatable bonds is 13. The van der Waals surface area contributed by atoms with Crippen LogP contribution in [0.15, 0.2) is 18.2 Å². The Balaban J connectivity index is 3.64. The zero-order chi connectivity index (χ0) is 30.8. The van der Waals surface area contributed by atoms with E-state index >= 15 is 0 Å². The zero-order valence-electron chi connectivity index (χ0n) is 25.8. The fraction of sp³-hybridized carbons (Fsp3) is 0.667. The predicted molar refractivity (Wildman–Crippen MR) is 154 cm³/mol. The van der Waals surface area contributed by atoms with E-state index in [0.29, 0.717) is 24.0 Å². The Bertz CT molecular complexity index is 1030. The standard InChI is InChI=1S/C30H49N3O7/c1-11-19(4)24(32-28(38)40-29(6,7)8)27(37)33(30(9,10)12-2)25(21-14-15-22(34)20(5)18-21)26(36)31-17-16-23(35)39-13-3/h14-15,18-19,24-25,34H,11-13,16-17H2,1-10H3,(H,31,36)(H,32,38). The summed E-state index contributed by atoms with van der Waals surface area (Å²) in [6.07, 6.45) is 0.335. The molecule has 226 valence electrons. The van der Waals surface area contributed by atoms with E-state index in [9.17, 15) is 24.3 Å². The number of alkyl carbamates (subject to hydrolysis) is 1. The fourth-order valence-corrected chi connectivity index (χ4v) is 4.10. The van der Waals surface area contributed by atoms with Crippen LogP contribution < -0.4 is 10.6 Å². The molecule has 0 aliphatic carbocycles. The van der Waals surface area contributed by atoms with Crippen molar-refractivity contribution in [3.05, 3.63) is 29.3 Å². The quantitative estimate of drug-likeness (QED) is 0.294. The highest BCUT2D eigenvalue weighted by Crippen LogP contribution is 2.34. The third-order valence-corrected chi connectivity index (χ3v) is 6.88. The molecule has 1 aromatic carbocycles. The van der Waals surface area contributed by atoms with E-state index in [4.69, 9.17) is 9.47 Å². The number of carbonyl (C=O) groups is 4. The van der Waals surface area contributed by atoms with Gasteiger partial charge in [-0.05, 0) is 84.1 Å². The van der Waals surface area contributed by atoms with Crippen LogP contribution in [0.2, 0.25) is 0 Å². The van der Waals surface area contributed by atoms with Crippen LogP contribution >= 0.6 is 0 Å². The summed E-state index contributed by atoms with van der Waals surface area (Å²) >= 11 is 0. The molecule has 0 fully saturated rings. The van der Waals surface area contributed by atoms with Gasteiger partial charge in [0.15, 0.2) is 0 Å². The smallest absolute Gasteiger partial charge is 0.408 e. The Hall–Kier alpha value is -3.30. The number of phenols is 1. The van der Waals surface area contributed by atoms with E-state index in [0.717, 1.165) is 0 Å². The van der Waals surface area contributed by atoms with Crippen LogP contribution in [0, 0.1) is 12.8 Å². The van der Waals surface area contributed by atoms with Crippen molar-refractivity contribution in [1.82, 2.24) is 15.5 Å². The average molecular weight is 564 g/mol. The lowest BCUT2D eigenvalue weighted by atomic mass is 9.89. The van der Waals surface area contributed by atoms with Crippen molar-refractivity contribution >= 4 is 23.9 Å². The molecule has 1 rings (SSSR count). The molecule has 0 aliphatic heterocycles. The van der Waals surface area contributed by atoms with E-state index in [1.807, 2.05) is 34.6 Å². The van der Waals surface area contributed by atoms with Gasteiger partial charge < -0.3 is 30.1 Å². The molecular weight excluding hydrogens is 514 g/mol. The molecule has 0 aliphatic rings. The van der Waals surface area contributed by atoms with Gasteiger partial charge in [0.05, 0.1) is 13.0 Å². The minimum atomic E-state index is -1.11. The van der Waals surface area contributed by atoms with Gasteiger partial charge in [-0.2, -0.15) is 0 Å². The summed E-state index contributed by atoms with van der Waals surface area (Å²) in [6.45, 7) is 18.3. The molecule has 10 heteroatoms. The number of nitrogens with zero attached hydrogens (tertiary/aromatic N) is 1. The molecule has 0 saturated carbocycles. The first-order valence-electron chi connectivity index (χ1n) is 14.0. The van der Waals surface area contributed by atoms with Crippen LogP contribution in [0.25, 0.3) is 0 Å². The molecule has 3 amide bonds. The Morgan fingerprint density at radius 3 is 2.17 bits per heavy atom. The van der Waals surface area contributed by atoms with Gasteiger partial charge in [-0.3, -0.25) is 14.4 Å². The number of phenolic OH excluding ortho intramolecular Hbond substituents is 1. The SMILES string of the molecule is CCOC(=O)CCNC(=O)C(c1ccc(O)c(C)c1)N(C(=O)C(NC(=O)OC(C)(C)C)C(C)CC)C(C)(C)CC. The van der Waals surface area contributed by atoms with E-state index in [1.165, 1.54) is 11.0 Å². The minimum Gasteiger partial charge on any atom is -0.508 e. The maximum Gasteiger partial charge on any atom is 0.408 e. The summed E-state index contributed by atoms with van der Waals surface area (Å²) in [6, 6.07) is 2.66. The van der Waals surface area contributed by atoms with E-state index in [1.54, 1.807) is 46.8 Å². The number of nitrogens with one attached hydrogen (secondary N) is 2. The molecule has 3 unspecified atom stereocenters. The van der Waals surface area contributed by atoms with Gasteiger partial charge in [0.2, 0.25) is 11.8 Å². The van der Waals surface area contributed by atoms with E-state index in [-0.39, 0.29) is 31.2 Å². The summed E-state index contributed by atoms with van der Waals surface area (Å²) < 4.78 is 10.4. The van der Waals surface area contributed by atoms with E-state index in [2.05, 4.69) is 10.6 Å². The second-order valence-corrected chi connectivity index (χ2v) is 11.7. The van der Waals surface area contributed by atoms with Gasteiger partial charge >= 0.3 is 12.1 Å². The number of hydrogen-bond acceptors (Lipinski definition) is 7. The first kappa shape index (κ1) is 34.7. The van der Waals surface area contributed by atoms with Crippen LogP contribution in [0.4, 0.5) is 4.79 Å². The van der Waals surface area contributed by atoms with Crippen LogP contribution in [0.5, 0.6) is 5.75 Å². The molecular formula is C30H49N3O7. The highest BCUT2D eigenvalue weighted by molar-refractivity contribution is 5.93. The summed E-state index contributed by atoms with van der Waals surface area (Å²) in [5, 5.41) is 15.7. The highest BCUT2D eigenvalue weighted by atomic mass is 16.6. The van der Waals surface area contributed by atoms with Crippen molar-refractivity contribution < 1.29 is 33.8 Å². The number of ether oxygens (including phenoxy) is 2.